The predicted molar refractivity (Wildman–Crippen MR) is 108 cm³/mol. The van der Waals surface area contributed by atoms with Gasteiger partial charge in [0, 0.05) is 30.5 Å². The summed E-state index contributed by atoms with van der Waals surface area (Å²) in [5, 5.41) is 0. The molecular formula is C19H25Cl2N3O2. The summed E-state index contributed by atoms with van der Waals surface area (Å²) in [5.74, 6) is 1.22. The van der Waals surface area contributed by atoms with Gasteiger partial charge >= 0.3 is 0 Å². The molecule has 0 spiro atoms. The minimum Gasteiger partial charge on any atom is -0.497 e. The zero-order valence-electron chi connectivity index (χ0n) is 14.9. The molecule has 1 aliphatic heterocycles. The van der Waals surface area contributed by atoms with Crippen molar-refractivity contribution in [3.8, 4) is 16.9 Å². The third kappa shape index (κ3) is 4.67. The first-order valence-corrected chi connectivity index (χ1v) is 8.23. The third-order valence-electron chi connectivity index (χ3n) is 4.66. The number of aromatic nitrogens is 1. The van der Waals surface area contributed by atoms with Crippen LogP contribution in [0.2, 0.25) is 0 Å². The number of nitrogens with zero attached hydrogens (tertiary/aromatic N) is 2. The van der Waals surface area contributed by atoms with Crippen LogP contribution in [0.1, 0.15) is 23.7 Å². The van der Waals surface area contributed by atoms with Gasteiger partial charge in [-0.1, -0.05) is 12.1 Å². The molecule has 2 N–H and O–H groups in total. The molecule has 1 fully saturated rings. The van der Waals surface area contributed by atoms with Gasteiger partial charge < -0.3 is 15.4 Å². The van der Waals surface area contributed by atoms with Crippen LogP contribution < -0.4 is 10.5 Å². The molecule has 0 bridgehead atoms. The zero-order valence-corrected chi connectivity index (χ0v) is 16.6. The molecule has 26 heavy (non-hydrogen) atoms. The highest BCUT2D eigenvalue weighted by Crippen LogP contribution is 2.26. The van der Waals surface area contributed by atoms with Crippen LogP contribution in [0.15, 0.2) is 42.7 Å². The van der Waals surface area contributed by atoms with E-state index in [1.807, 2.05) is 35.2 Å². The molecule has 142 valence electrons. The number of rotatable bonds is 4. The molecule has 1 amide bonds. The van der Waals surface area contributed by atoms with Crippen LogP contribution in [0.4, 0.5) is 0 Å². The second-order valence-electron chi connectivity index (χ2n) is 6.33. The van der Waals surface area contributed by atoms with Crippen molar-refractivity contribution in [2.45, 2.75) is 19.4 Å². The monoisotopic (exact) mass is 397 g/mol. The number of methoxy groups -OCH3 is 1. The fraction of sp³-hybridized carbons (Fsp3) is 0.368. The highest BCUT2D eigenvalue weighted by Gasteiger charge is 2.32. The molecule has 2 heterocycles. The fourth-order valence-electron chi connectivity index (χ4n) is 3.26. The Morgan fingerprint density at radius 1 is 1.23 bits per heavy atom. The minimum atomic E-state index is 0. The van der Waals surface area contributed by atoms with Gasteiger partial charge in [-0.15, -0.1) is 24.8 Å². The number of amides is 1. The molecule has 1 aromatic heterocycles. The summed E-state index contributed by atoms with van der Waals surface area (Å²) >= 11 is 0. The molecule has 0 saturated carbocycles. The lowest BCUT2D eigenvalue weighted by Gasteiger charge is -2.21. The molecule has 5 nitrogen and oxygen atoms in total. The van der Waals surface area contributed by atoms with Crippen LogP contribution in [0.5, 0.6) is 5.75 Å². The van der Waals surface area contributed by atoms with Gasteiger partial charge in [-0.3, -0.25) is 9.78 Å². The van der Waals surface area contributed by atoms with E-state index < -0.39 is 0 Å². The van der Waals surface area contributed by atoms with Crippen molar-refractivity contribution in [1.82, 2.24) is 9.88 Å². The van der Waals surface area contributed by atoms with Crippen LogP contribution in [-0.4, -0.2) is 42.0 Å². The highest BCUT2D eigenvalue weighted by atomic mass is 35.5. The lowest BCUT2D eigenvalue weighted by Crippen LogP contribution is -2.34. The van der Waals surface area contributed by atoms with E-state index >= 15 is 0 Å². The second kappa shape index (κ2) is 9.76. The number of nitrogens with two attached hydrogens (primary N) is 1. The number of hydrogen-bond acceptors (Lipinski definition) is 4. The number of halogens is 2. The Balaban J connectivity index is 0.00000169. The van der Waals surface area contributed by atoms with Crippen LogP contribution in [-0.2, 0) is 0 Å². The summed E-state index contributed by atoms with van der Waals surface area (Å²) in [7, 11) is 1.64. The Morgan fingerprint density at radius 2 is 1.92 bits per heavy atom. The average Bonchev–Trinajstić information content (AvgIpc) is 3.02. The third-order valence-corrected chi connectivity index (χ3v) is 4.66. The van der Waals surface area contributed by atoms with Crippen molar-refractivity contribution < 1.29 is 9.53 Å². The average molecular weight is 398 g/mol. The molecule has 2 aromatic rings. The molecule has 1 saturated heterocycles. The maximum Gasteiger partial charge on any atom is 0.255 e. The van der Waals surface area contributed by atoms with Gasteiger partial charge in [0.25, 0.3) is 5.91 Å². The topological polar surface area (TPSA) is 68.5 Å². The Bertz CT molecular complexity index is 725. The van der Waals surface area contributed by atoms with E-state index in [9.17, 15) is 4.79 Å². The van der Waals surface area contributed by atoms with Crippen molar-refractivity contribution in [1.29, 1.82) is 0 Å². The van der Waals surface area contributed by atoms with Crippen LogP contribution in [0.25, 0.3) is 11.1 Å². The molecule has 7 heteroatoms. The summed E-state index contributed by atoms with van der Waals surface area (Å²) in [5.41, 5.74) is 8.31. The number of carbonyl (C=O) groups excluding carboxylic acids is 1. The Labute approximate surface area is 166 Å². The Kier molecular flexibility index (Phi) is 8.34. The first-order chi connectivity index (χ1) is 11.6. The van der Waals surface area contributed by atoms with E-state index in [1.165, 1.54) is 0 Å². The zero-order chi connectivity index (χ0) is 17.1. The van der Waals surface area contributed by atoms with E-state index in [0.29, 0.717) is 18.0 Å². The number of pyridine rings is 1. The van der Waals surface area contributed by atoms with E-state index in [-0.39, 0.29) is 36.8 Å². The first-order valence-electron chi connectivity index (χ1n) is 8.23. The summed E-state index contributed by atoms with van der Waals surface area (Å²) in [6, 6.07) is 9.85. The molecule has 2 atom stereocenters. The van der Waals surface area contributed by atoms with Crippen LogP contribution in [0.3, 0.4) is 0 Å². The van der Waals surface area contributed by atoms with Crippen molar-refractivity contribution in [2.24, 2.45) is 11.7 Å². The van der Waals surface area contributed by atoms with Gasteiger partial charge in [0.15, 0.2) is 0 Å². The van der Waals surface area contributed by atoms with E-state index in [1.54, 1.807) is 19.5 Å². The van der Waals surface area contributed by atoms with Crippen LogP contribution in [0, 0.1) is 5.92 Å². The van der Waals surface area contributed by atoms with Gasteiger partial charge in [-0.05, 0) is 49.6 Å². The van der Waals surface area contributed by atoms with Crippen LogP contribution >= 0.6 is 24.8 Å². The van der Waals surface area contributed by atoms with E-state index in [2.05, 4.69) is 11.9 Å². The lowest BCUT2D eigenvalue weighted by atomic mass is 10.1. The highest BCUT2D eigenvalue weighted by molar-refractivity contribution is 5.95. The SMILES string of the molecule is COc1ccc(-c2cncc(C(=O)N3CC(CN)CC3C)c2)cc1.Cl.Cl. The smallest absolute Gasteiger partial charge is 0.255 e. The molecular weight excluding hydrogens is 373 g/mol. The number of likely N-dealkylation sites (tertiary alicyclic amines) is 1. The molecule has 0 aliphatic carbocycles. The summed E-state index contributed by atoms with van der Waals surface area (Å²) in [4.78, 5) is 19.0. The number of carbonyl (C=O) groups is 1. The maximum atomic E-state index is 12.8. The first kappa shape index (κ1) is 22.2. The fourth-order valence-corrected chi connectivity index (χ4v) is 3.26. The lowest BCUT2D eigenvalue weighted by molar-refractivity contribution is 0.0743. The maximum absolute atomic E-state index is 12.8. The summed E-state index contributed by atoms with van der Waals surface area (Å²) in [6.07, 6.45) is 4.38. The number of ether oxygens (including phenoxy) is 1. The van der Waals surface area contributed by atoms with Gasteiger partial charge in [-0.2, -0.15) is 0 Å². The van der Waals surface area contributed by atoms with E-state index in [0.717, 1.165) is 29.8 Å². The minimum absolute atomic E-state index is 0. The predicted octanol–water partition coefficient (Wildman–Crippen LogP) is 3.41. The summed E-state index contributed by atoms with van der Waals surface area (Å²) < 4.78 is 5.18. The molecule has 0 radical (unpaired) electrons. The number of hydrogen-bond donors (Lipinski definition) is 1. The second-order valence-corrected chi connectivity index (χ2v) is 6.33. The van der Waals surface area contributed by atoms with Gasteiger partial charge in [0.1, 0.15) is 5.75 Å². The molecule has 2 unspecified atom stereocenters. The van der Waals surface area contributed by atoms with Gasteiger partial charge in [-0.25, -0.2) is 0 Å². The molecule has 1 aliphatic rings. The molecule has 1 aromatic carbocycles. The summed E-state index contributed by atoms with van der Waals surface area (Å²) in [6.45, 7) is 3.43. The van der Waals surface area contributed by atoms with Crippen molar-refractivity contribution in [3.63, 3.8) is 0 Å². The number of benzene rings is 1. The normalized spacial score (nSPS) is 18.7. The van der Waals surface area contributed by atoms with Crippen molar-refractivity contribution in [3.05, 3.63) is 48.3 Å². The Morgan fingerprint density at radius 3 is 2.50 bits per heavy atom. The standard InChI is InChI=1S/C19H23N3O2.2ClH/c1-13-7-14(9-20)12-22(13)19(23)17-8-16(10-21-11-17)15-3-5-18(24-2)6-4-15;;/h3-6,8,10-11,13-14H,7,9,12,20H2,1-2H3;2*1H. The quantitative estimate of drug-likeness (QED) is 0.857. The van der Waals surface area contributed by atoms with Gasteiger partial charge in [0.2, 0.25) is 0 Å². The largest absolute Gasteiger partial charge is 0.497 e. The molecule has 3 rings (SSSR count). The van der Waals surface area contributed by atoms with E-state index in [4.69, 9.17) is 10.5 Å². The van der Waals surface area contributed by atoms with Crippen molar-refractivity contribution >= 4 is 30.7 Å². The Hall–Kier alpha value is -1.82. The van der Waals surface area contributed by atoms with Crippen molar-refractivity contribution in [2.75, 3.05) is 20.2 Å². The van der Waals surface area contributed by atoms with Gasteiger partial charge in [0.05, 0.1) is 12.7 Å².